The number of hydrogen-bond acceptors (Lipinski definition) is 8. The van der Waals surface area contributed by atoms with Crippen LogP contribution in [-0.4, -0.2) is 53.3 Å². The van der Waals surface area contributed by atoms with Gasteiger partial charge < -0.3 is 24.7 Å². The van der Waals surface area contributed by atoms with E-state index >= 15 is 0 Å². The van der Waals surface area contributed by atoms with Crippen molar-refractivity contribution in [2.24, 2.45) is 0 Å². The van der Waals surface area contributed by atoms with Crippen molar-refractivity contribution in [3.8, 4) is 5.88 Å². The Hall–Kier alpha value is -2.03. The van der Waals surface area contributed by atoms with Gasteiger partial charge in [0.15, 0.2) is 5.79 Å². The van der Waals surface area contributed by atoms with Crippen molar-refractivity contribution < 1.29 is 18.9 Å². The van der Waals surface area contributed by atoms with Crippen molar-refractivity contribution in [1.82, 2.24) is 15.0 Å². The zero-order chi connectivity index (χ0) is 19.0. The van der Waals surface area contributed by atoms with Crippen LogP contribution in [0.25, 0.3) is 10.9 Å². The van der Waals surface area contributed by atoms with Crippen LogP contribution in [0.5, 0.6) is 5.88 Å². The number of pyridine rings is 1. The van der Waals surface area contributed by atoms with Gasteiger partial charge in [0.25, 0.3) is 0 Å². The molecule has 1 saturated carbocycles. The molecule has 2 aromatic rings. The first-order chi connectivity index (χ1) is 13.7. The zero-order valence-electron chi connectivity index (χ0n) is 15.9. The summed E-state index contributed by atoms with van der Waals surface area (Å²) >= 11 is 0. The van der Waals surface area contributed by atoms with Gasteiger partial charge in [0, 0.05) is 43.6 Å². The van der Waals surface area contributed by atoms with Gasteiger partial charge in [0.1, 0.15) is 6.10 Å². The van der Waals surface area contributed by atoms with E-state index in [2.05, 4.69) is 15.0 Å². The van der Waals surface area contributed by atoms with Crippen molar-refractivity contribution in [2.75, 3.05) is 32.2 Å². The van der Waals surface area contributed by atoms with E-state index in [1.54, 1.807) is 6.20 Å². The highest BCUT2D eigenvalue weighted by molar-refractivity contribution is 5.86. The minimum atomic E-state index is -0.375. The Morgan fingerprint density at radius 3 is 2.46 bits per heavy atom. The molecule has 0 unspecified atom stereocenters. The topological polar surface area (TPSA) is 102 Å². The lowest BCUT2D eigenvalue weighted by Gasteiger charge is -2.35. The fourth-order valence-electron chi connectivity index (χ4n) is 4.53. The molecular formula is C20H26N4O4. The molecule has 0 radical (unpaired) electrons. The third-order valence-corrected chi connectivity index (χ3v) is 6.08. The second-order valence-corrected chi connectivity index (χ2v) is 7.82. The number of nitrogens with zero attached hydrogens (tertiary/aromatic N) is 3. The second kappa shape index (κ2) is 7.42. The van der Waals surface area contributed by atoms with Crippen LogP contribution in [0, 0.1) is 0 Å². The molecule has 2 aromatic heterocycles. The molecule has 4 heterocycles. The molecule has 5 rings (SSSR count). The molecule has 0 amide bonds. The van der Waals surface area contributed by atoms with E-state index in [-0.39, 0.29) is 17.8 Å². The van der Waals surface area contributed by atoms with Gasteiger partial charge in [-0.2, -0.15) is 0 Å². The Kier molecular flexibility index (Phi) is 4.78. The Balaban J connectivity index is 1.43. The normalized spacial score (nSPS) is 23.4. The fraction of sp³-hybridized carbons (Fsp3) is 0.650. The summed E-state index contributed by atoms with van der Waals surface area (Å²) in [5.74, 6) is 0.826. The quantitative estimate of drug-likeness (QED) is 0.859. The minimum absolute atomic E-state index is 0.110. The lowest BCUT2D eigenvalue weighted by molar-refractivity contribution is -0.178. The monoisotopic (exact) mass is 386 g/mol. The summed E-state index contributed by atoms with van der Waals surface area (Å²) in [7, 11) is 0. The van der Waals surface area contributed by atoms with Gasteiger partial charge in [-0.15, -0.1) is 0 Å². The van der Waals surface area contributed by atoms with Crippen molar-refractivity contribution in [1.29, 1.82) is 0 Å². The van der Waals surface area contributed by atoms with Gasteiger partial charge >= 0.3 is 0 Å². The van der Waals surface area contributed by atoms with E-state index in [9.17, 15) is 0 Å². The Morgan fingerprint density at radius 2 is 1.71 bits per heavy atom. The Morgan fingerprint density at radius 1 is 0.964 bits per heavy atom. The van der Waals surface area contributed by atoms with E-state index in [1.165, 1.54) is 0 Å². The lowest BCUT2D eigenvalue weighted by atomic mass is 9.81. The molecular weight excluding hydrogens is 360 g/mol. The molecule has 2 saturated heterocycles. The second-order valence-electron chi connectivity index (χ2n) is 7.82. The van der Waals surface area contributed by atoms with E-state index in [4.69, 9.17) is 24.7 Å². The summed E-state index contributed by atoms with van der Waals surface area (Å²) in [5.41, 5.74) is 7.86. The molecule has 0 bridgehead atoms. The number of aromatic nitrogens is 3. The first-order valence-electron chi connectivity index (χ1n) is 10.2. The van der Waals surface area contributed by atoms with Crippen LogP contribution in [0.4, 0.5) is 5.95 Å². The molecule has 0 aromatic carbocycles. The molecule has 2 N–H and O–H groups in total. The van der Waals surface area contributed by atoms with Gasteiger partial charge in [-0.1, -0.05) is 0 Å². The summed E-state index contributed by atoms with van der Waals surface area (Å²) in [6, 6.07) is 0. The molecule has 2 aliphatic heterocycles. The van der Waals surface area contributed by atoms with Crippen LogP contribution < -0.4 is 10.5 Å². The van der Waals surface area contributed by atoms with Crippen molar-refractivity contribution in [2.45, 2.75) is 56.3 Å². The molecule has 28 heavy (non-hydrogen) atoms. The van der Waals surface area contributed by atoms with Crippen molar-refractivity contribution in [3.05, 3.63) is 18.0 Å². The van der Waals surface area contributed by atoms with Gasteiger partial charge in [0.05, 0.1) is 37.3 Å². The number of nitrogen functional groups attached to an aromatic ring is 1. The van der Waals surface area contributed by atoms with Gasteiger partial charge in [-0.05, 0) is 18.8 Å². The summed E-state index contributed by atoms with van der Waals surface area (Å²) in [6.45, 7) is 2.82. The van der Waals surface area contributed by atoms with Crippen LogP contribution in [0.2, 0.25) is 0 Å². The molecule has 0 atom stereocenters. The highest BCUT2D eigenvalue weighted by Crippen LogP contribution is 2.44. The molecule has 1 aliphatic carbocycles. The number of anilines is 1. The van der Waals surface area contributed by atoms with Crippen molar-refractivity contribution >= 4 is 16.9 Å². The van der Waals surface area contributed by atoms with Crippen LogP contribution in [0.1, 0.15) is 50.0 Å². The largest absolute Gasteiger partial charge is 0.474 e. The Bertz CT molecular complexity index is 839. The average molecular weight is 386 g/mol. The smallest absolute Gasteiger partial charge is 0.224 e. The highest BCUT2D eigenvalue weighted by Gasteiger charge is 2.41. The van der Waals surface area contributed by atoms with Crippen LogP contribution in [-0.2, 0) is 14.2 Å². The third kappa shape index (κ3) is 3.40. The summed E-state index contributed by atoms with van der Waals surface area (Å²) in [4.78, 5) is 13.4. The predicted octanol–water partition coefficient (Wildman–Crippen LogP) is 2.57. The standard InChI is InChI=1S/C20H26N4O4/c21-19-23-12-16-17(24-19)15(11-22-18(16)28-14-3-7-25-8-4-14)13-1-5-20(6-2-13)26-9-10-27-20/h11-14H,1-10H2,(H2,21,23,24). The molecule has 150 valence electrons. The first kappa shape index (κ1) is 18.0. The Labute approximate surface area is 163 Å². The van der Waals surface area contributed by atoms with Crippen molar-refractivity contribution in [3.63, 3.8) is 0 Å². The highest BCUT2D eigenvalue weighted by atomic mass is 16.7. The predicted molar refractivity (Wildman–Crippen MR) is 102 cm³/mol. The number of hydrogen-bond donors (Lipinski definition) is 1. The summed E-state index contributed by atoms with van der Waals surface area (Å²) in [5, 5.41) is 0.826. The van der Waals surface area contributed by atoms with Gasteiger partial charge in [0.2, 0.25) is 11.8 Å². The fourth-order valence-corrected chi connectivity index (χ4v) is 4.53. The molecule has 8 nitrogen and oxygen atoms in total. The van der Waals surface area contributed by atoms with Crippen LogP contribution in [0.15, 0.2) is 12.4 Å². The van der Waals surface area contributed by atoms with Gasteiger partial charge in [-0.25, -0.2) is 15.0 Å². The van der Waals surface area contributed by atoms with Crippen LogP contribution >= 0.6 is 0 Å². The number of nitrogens with two attached hydrogens (primary N) is 1. The maximum absolute atomic E-state index is 6.17. The number of ether oxygens (including phenoxy) is 4. The molecule has 3 aliphatic rings. The maximum atomic E-state index is 6.17. The first-order valence-corrected chi connectivity index (χ1v) is 10.2. The third-order valence-electron chi connectivity index (χ3n) is 6.08. The zero-order valence-corrected chi connectivity index (χ0v) is 15.9. The average Bonchev–Trinajstić information content (AvgIpc) is 3.18. The molecule has 1 spiro atoms. The summed E-state index contributed by atoms with van der Waals surface area (Å²) in [6.07, 6.45) is 9.21. The molecule has 3 fully saturated rings. The SMILES string of the molecule is Nc1ncc2c(OC3CCOCC3)ncc(C3CCC4(CC3)OCCO4)c2n1. The minimum Gasteiger partial charge on any atom is -0.474 e. The number of fused-ring (bicyclic) bond motifs is 1. The molecule has 8 heteroatoms. The van der Waals surface area contributed by atoms with E-state index in [1.807, 2.05) is 6.20 Å². The number of rotatable bonds is 3. The van der Waals surface area contributed by atoms with E-state index in [0.29, 0.717) is 25.0 Å². The van der Waals surface area contributed by atoms with E-state index < -0.39 is 0 Å². The lowest BCUT2D eigenvalue weighted by Crippen LogP contribution is -2.34. The maximum Gasteiger partial charge on any atom is 0.224 e. The van der Waals surface area contributed by atoms with Crippen LogP contribution in [0.3, 0.4) is 0 Å². The van der Waals surface area contributed by atoms with Gasteiger partial charge in [-0.3, -0.25) is 0 Å². The summed E-state index contributed by atoms with van der Waals surface area (Å²) < 4.78 is 23.3. The van der Waals surface area contributed by atoms with E-state index in [0.717, 1.165) is 68.2 Å².